The van der Waals surface area contributed by atoms with Crippen molar-refractivity contribution in [3.05, 3.63) is 76.0 Å². The van der Waals surface area contributed by atoms with E-state index in [9.17, 15) is 8.78 Å². The Hall–Kier alpha value is -2.93. The molecule has 4 nitrogen and oxygen atoms in total. The maximum atomic E-state index is 14.4. The standard InChI is InChI=1S/C21H18F2N2O2S/c1-26-18-6-3-5-14(21(18)27-2)15-12-25(17-9-8-13(22)11-16(17)23)24-20(15)19-7-4-10-28-19/h3-11,15H,12H2,1-2H3/t15-/m0/s1. The number of benzene rings is 2. The lowest BCUT2D eigenvalue weighted by Gasteiger charge is -2.20. The van der Waals surface area contributed by atoms with Gasteiger partial charge in [0.2, 0.25) is 0 Å². The van der Waals surface area contributed by atoms with Crippen LogP contribution in [0.3, 0.4) is 0 Å². The van der Waals surface area contributed by atoms with Crippen molar-refractivity contribution in [2.75, 3.05) is 25.8 Å². The van der Waals surface area contributed by atoms with Gasteiger partial charge >= 0.3 is 0 Å². The highest BCUT2D eigenvalue weighted by Crippen LogP contribution is 2.41. The van der Waals surface area contributed by atoms with Gasteiger partial charge in [0.25, 0.3) is 0 Å². The van der Waals surface area contributed by atoms with Gasteiger partial charge in [-0.3, -0.25) is 5.01 Å². The molecule has 28 heavy (non-hydrogen) atoms. The minimum absolute atomic E-state index is 0.159. The number of nitrogens with zero attached hydrogens (tertiary/aromatic N) is 2. The van der Waals surface area contributed by atoms with Gasteiger partial charge in [-0.2, -0.15) is 5.10 Å². The average molecular weight is 400 g/mol. The van der Waals surface area contributed by atoms with E-state index in [-0.39, 0.29) is 11.6 Å². The van der Waals surface area contributed by atoms with Crippen molar-refractivity contribution >= 4 is 22.7 Å². The second-order valence-corrected chi connectivity index (χ2v) is 7.22. The minimum atomic E-state index is -0.646. The molecule has 1 atom stereocenters. The van der Waals surface area contributed by atoms with Gasteiger partial charge in [0.1, 0.15) is 5.82 Å². The van der Waals surface area contributed by atoms with Crippen LogP contribution in [-0.2, 0) is 0 Å². The lowest BCUT2D eigenvalue weighted by molar-refractivity contribution is 0.351. The van der Waals surface area contributed by atoms with Gasteiger partial charge in [-0.15, -0.1) is 11.3 Å². The molecule has 0 aliphatic carbocycles. The van der Waals surface area contributed by atoms with Crippen molar-refractivity contribution in [1.82, 2.24) is 0 Å². The molecule has 2 heterocycles. The number of thiophene rings is 1. The van der Waals surface area contributed by atoms with Crippen molar-refractivity contribution < 1.29 is 18.3 Å². The van der Waals surface area contributed by atoms with Crippen LogP contribution in [0.1, 0.15) is 16.4 Å². The van der Waals surface area contributed by atoms with Crippen LogP contribution in [0, 0.1) is 11.6 Å². The van der Waals surface area contributed by atoms with Crippen LogP contribution in [0.25, 0.3) is 0 Å². The number of hydrogen-bond acceptors (Lipinski definition) is 5. The van der Waals surface area contributed by atoms with Crippen LogP contribution in [-0.4, -0.2) is 26.5 Å². The number of rotatable bonds is 5. The lowest BCUT2D eigenvalue weighted by atomic mass is 9.92. The zero-order chi connectivity index (χ0) is 19.7. The zero-order valence-corrected chi connectivity index (χ0v) is 16.2. The topological polar surface area (TPSA) is 34.1 Å². The smallest absolute Gasteiger partial charge is 0.164 e. The summed E-state index contributed by atoms with van der Waals surface area (Å²) in [6.45, 7) is 0.402. The Morgan fingerprint density at radius 1 is 1.07 bits per heavy atom. The highest BCUT2D eigenvalue weighted by molar-refractivity contribution is 7.12. The van der Waals surface area contributed by atoms with E-state index in [0.717, 1.165) is 22.2 Å². The molecule has 3 aromatic rings. The summed E-state index contributed by atoms with van der Waals surface area (Å²) in [7, 11) is 3.18. The summed E-state index contributed by atoms with van der Waals surface area (Å²) in [5.41, 5.74) is 1.95. The predicted octanol–water partition coefficient (Wildman–Crippen LogP) is 5.05. The molecule has 2 aromatic carbocycles. The highest BCUT2D eigenvalue weighted by atomic mass is 32.1. The van der Waals surface area contributed by atoms with Crippen LogP contribution >= 0.6 is 11.3 Å². The van der Waals surface area contributed by atoms with E-state index in [1.807, 2.05) is 35.7 Å². The number of hydrogen-bond donors (Lipinski definition) is 0. The van der Waals surface area contributed by atoms with Crippen molar-refractivity contribution in [3.8, 4) is 11.5 Å². The maximum absolute atomic E-state index is 14.4. The molecule has 0 amide bonds. The van der Waals surface area contributed by atoms with E-state index in [2.05, 4.69) is 5.10 Å². The average Bonchev–Trinajstić information content (AvgIpc) is 3.37. The van der Waals surface area contributed by atoms with Crippen LogP contribution in [0.5, 0.6) is 11.5 Å². The predicted molar refractivity (Wildman–Crippen MR) is 107 cm³/mol. The first-order chi connectivity index (χ1) is 13.6. The van der Waals surface area contributed by atoms with Crippen LogP contribution in [0.15, 0.2) is 59.0 Å². The van der Waals surface area contributed by atoms with Crippen molar-refractivity contribution in [1.29, 1.82) is 0 Å². The van der Waals surface area contributed by atoms with Gasteiger partial charge in [0, 0.05) is 11.6 Å². The Balaban J connectivity index is 1.81. The zero-order valence-electron chi connectivity index (χ0n) is 15.4. The molecular formula is C21H18F2N2O2S. The first kappa shape index (κ1) is 18.4. The fourth-order valence-corrected chi connectivity index (χ4v) is 4.18. The van der Waals surface area contributed by atoms with Crippen molar-refractivity contribution in [2.45, 2.75) is 5.92 Å². The van der Waals surface area contributed by atoms with Gasteiger partial charge in [0.15, 0.2) is 17.3 Å². The molecule has 0 fully saturated rings. The van der Waals surface area contributed by atoms with Crippen molar-refractivity contribution in [2.24, 2.45) is 5.10 Å². The SMILES string of the molecule is COc1cccc([C@@H]2CN(c3ccc(F)cc3F)N=C2c2cccs2)c1OC. The summed E-state index contributed by atoms with van der Waals surface area (Å²) >= 11 is 1.56. The van der Waals surface area contributed by atoms with Crippen LogP contribution < -0.4 is 14.5 Å². The lowest BCUT2D eigenvalue weighted by Crippen LogP contribution is -2.19. The molecule has 0 saturated carbocycles. The molecular weight excluding hydrogens is 382 g/mol. The van der Waals surface area contributed by atoms with Crippen LogP contribution in [0.2, 0.25) is 0 Å². The first-order valence-electron chi connectivity index (χ1n) is 8.68. The monoisotopic (exact) mass is 400 g/mol. The summed E-state index contributed by atoms with van der Waals surface area (Å²) < 4.78 is 38.7. The van der Waals surface area contributed by atoms with Gasteiger partial charge < -0.3 is 9.47 Å². The quantitative estimate of drug-likeness (QED) is 0.601. The molecule has 1 aromatic heterocycles. The minimum Gasteiger partial charge on any atom is -0.493 e. The molecule has 0 unspecified atom stereocenters. The Bertz CT molecular complexity index is 1020. The summed E-state index contributed by atoms with van der Waals surface area (Å²) in [4.78, 5) is 0.986. The number of methoxy groups -OCH3 is 2. The van der Waals surface area contributed by atoms with Gasteiger partial charge in [-0.25, -0.2) is 8.78 Å². The van der Waals surface area contributed by atoms with Gasteiger partial charge in [-0.05, 0) is 29.6 Å². The van der Waals surface area contributed by atoms with E-state index in [4.69, 9.17) is 9.47 Å². The summed E-state index contributed by atoms with van der Waals surface area (Å²) in [6.07, 6.45) is 0. The summed E-state index contributed by atoms with van der Waals surface area (Å²) in [6, 6.07) is 13.1. The fraction of sp³-hybridized carbons (Fsp3) is 0.190. The largest absolute Gasteiger partial charge is 0.493 e. The van der Waals surface area contributed by atoms with E-state index >= 15 is 0 Å². The third kappa shape index (κ3) is 3.22. The highest BCUT2D eigenvalue weighted by Gasteiger charge is 2.34. The molecule has 0 N–H and O–H groups in total. The van der Waals surface area contributed by atoms with E-state index in [1.165, 1.54) is 12.1 Å². The fourth-order valence-electron chi connectivity index (χ4n) is 3.42. The molecule has 4 rings (SSSR count). The van der Waals surface area contributed by atoms with E-state index < -0.39 is 11.6 Å². The second kappa shape index (κ2) is 7.59. The van der Waals surface area contributed by atoms with Crippen LogP contribution in [0.4, 0.5) is 14.5 Å². The first-order valence-corrected chi connectivity index (χ1v) is 9.56. The third-order valence-corrected chi connectivity index (χ3v) is 5.58. The molecule has 144 valence electrons. The van der Waals surface area contributed by atoms with E-state index in [1.54, 1.807) is 30.6 Å². The number of anilines is 1. The Labute approximate surface area is 165 Å². The summed E-state index contributed by atoms with van der Waals surface area (Å²) in [5, 5.41) is 8.23. The molecule has 0 spiro atoms. The Kier molecular flexibility index (Phi) is 5.00. The Morgan fingerprint density at radius 2 is 1.93 bits per heavy atom. The van der Waals surface area contributed by atoms with Crippen molar-refractivity contribution in [3.63, 3.8) is 0 Å². The number of ether oxygens (including phenoxy) is 2. The second-order valence-electron chi connectivity index (χ2n) is 6.28. The summed E-state index contributed by atoms with van der Waals surface area (Å²) in [5.74, 6) is -0.174. The number of para-hydroxylation sites is 1. The number of halogens is 2. The Morgan fingerprint density at radius 3 is 2.61 bits per heavy atom. The molecule has 7 heteroatoms. The molecule has 1 aliphatic heterocycles. The molecule has 0 bridgehead atoms. The third-order valence-electron chi connectivity index (χ3n) is 4.68. The normalized spacial score (nSPS) is 16.2. The van der Waals surface area contributed by atoms with Gasteiger partial charge in [-0.1, -0.05) is 18.2 Å². The number of hydrazone groups is 1. The van der Waals surface area contributed by atoms with Gasteiger partial charge in [0.05, 0.1) is 43.0 Å². The maximum Gasteiger partial charge on any atom is 0.164 e. The molecule has 1 aliphatic rings. The van der Waals surface area contributed by atoms with E-state index in [0.29, 0.717) is 18.0 Å². The molecule has 0 radical (unpaired) electrons. The molecule has 0 saturated heterocycles.